The fourth-order valence-corrected chi connectivity index (χ4v) is 1.88. The van der Waals surface area contributed by atoms with Gasteiger partial charge in [-0.25, -0.2) is 4.39 Å². The van der Waals surface area contributed by atoms with Gasteiger partial charge in [0.25, 0.3) is 0 Å². The standard InChI is InChI=1S/C16H16FNO/c1-2-11-3-5-12(6-4-11)9-16(19)13-7-8-15(18)14(17)10-13/h3-8,10H,2,9,18H2,1H3. The topological polar surface area (TPSA) is 43.1 Å². The van der Waals surface area contributed by atoms with Gasteiger partial charge in [0, 0.05) is 12.0 Å². The first-order valence-corrected chi connectivity index (χ1v) is 6.26. The average molecular weight is 257 g/mol. The Hall–Kier alpha value is -2.16. The highest BCUT2D eigenvalue weighted by Gasteiger charge is 2.09. The molecule has 0 aliphatic heterocycles. The molecule has 0 saturated heterocycles. The molecule has 2 N–H and O–H groups in total. The summed E-state index contributed by atoms with van der Waals surface area (Å²) in [5.74, 6) is -0.657. The van der Waals surface area contributed by atoms with Gasteiger partial charge in [-0.15, -0.1) is 0 Å². The van der Waals surface area contributed by atoms with E-state index >= 15 is 0 Å². The summed E-state index contributed by atoms with van der Waals surface area (Å²) in [6, 6.07) is 12.1. The SMILES string of the molecule is CCc1ccc(CC(=O)c2ccc(N)c(F)c2)cc1. The molecule has 19 heavy (non-hydrogen) atoms. The number of anilines is 1. The summed E-state index contributed by atoms with van der Waals surface area (Å²) in [6.07, 6.45) is 1.24. The summed E-state index contributed by atoms with van der Waals surface area (Å²) < 4.78 is 13.3. The predicted molar refractivity (Wildman–Crippen MR) is 74.7 cm³/mol. The molecule has 98 valence electrons. The van der Waals surface area contributed by atoms with E-state index in [-0.39, 0.29) is 17.9 Å². The highest BCUT2D eigenvalue weighted by Crippen LogP contribution is 2.15. The van der Waals surface area contributed by atoms with Crippen molar-refractivity contribution in [3.63, 3.8) is 0 Å². The first-order valence-electron chi connectivity index (χ1n) is 6.26. The highest BCUT2D eigenvalue weighted by atomic mass is 19.1. The van der Waals surface area contributed by atoms with E-state index in [9.17, 15) is 9.18 Å². The Morgan fingerprint density at radius 3 is 2.32 bits per heavy atom. The van der Waals surface area contributed by atoms with Gasteiger partial charge < -0.3 is 5.73 Å². The van der Waals surface area contributed by atoms with Crippen LogP contribution in [0.25, 0.3) is 0 Å². The number of hydrogen-bond acceptors (Lipinski definition) is 2. The van der Waals surface area contributed by atoms with Crippen molar-refractivity contribution in [2.75, 3.05) is 5.73 Å². The molecular weight excluding hydrogens is 241 g/mol. The Kier molecular flexibility index (Phi) is 3.95. The molecule has 0 unspecified atom stereocenters. The Balaban J connectivity index is 2.13. The van der Waals surface area contributed by atoms with E-state index in [1.54, 1.807) is 6.07 Å². The molecule has 0 atom stereocenters. The number of nitrogen functional groups attached to an aromatic ring is 1. The molecule has 0 radical (unpaired) electrons. The molecule has 0 heterocycles. The van der Waals surface area contributed by atoms with Gasteiger partial charge in [0.2, 0.25) is 0 Å². The normalized spacial score (nSPS) is 10.4. The molecular formula is C16H16FNO. The van der Waals surface area contributed by atoms with Gasteiger partial charge in [-0.2, -0.15) is 0 Å². The van der Waals surface area contributed by atoms with Gasteiger partial charge in [-0.3, -0.25) is 4.79 Å². The monoisotopic (exact) mass is 257 g/mol. The smallest absolute Gasteiger partial charge is 0.167 e. The van der Waals surface area contributed by atoms with Crippen LogP contribution in [0.2, 0.25) is 0 Å². The number of nitrogens with two attached hydrogens (primary N) is 1. The van der Waals surface area contributed by atoms with Gasteiger partial charge in [0.1, 0.15) is 5.82 Å². The lowest BCUT2D eigenvalue weighted by Gasteiger charge is -2.04. The van der Waals surface area contributed by atoms with E-state index in [4.69, 9.17) is 5.73 Å². The van der Waals surface area contributed by atoms with Gasteiger partial charge >= 0.3 is 0 Å². The van der Waals surface area contributed by atoms with Crippen LogP contribution in [-0.2, 0) is 12.8 Å². The van der Waals surface area contributed by atoms with Crippen molar-refractivity contribution in [3.8, 4) is 0 Å². The Bertz CT molecular complexity index is 590. The number of halogens is 1. The maximum atomic E-state index is 13.3. The van der Waals surface area contributed by atoms with Gasteiger partial charge in [-0.05, 0) is 35.7 Å². The molecule has 0 aromatic heterocycles. The highest BCUT2D eigenvalue weighted by molar-refractivity contribution is 5.97. The van der Waals surface area contributed by atoms with E-state index in [1.807, 2.05) is 24.3 Å². The molecule has 2 rings (SSSR count). The maximum Gasteiger partial charge on any atom is 0.167 e. The van der Waals surface area contributed by atoms with Crippen LogP contribution in [0, 0.1) is 5.82 Å². The van der Waals surface area contributed by atoms with E-state index in [2.05, 4.69) is 6.92 Å². The van der Waals surface area contributed by atoms with E-state index in [0.29, 0.717) is 5.56 Å². The summed E-state index contributed by atoms with van der Waals surface area (Å²) in [5, 5.41) is 0. The summed E-state index contributed by atoms with van der Waals surface area (Å²) in [4.78, 5) is 12.0. The first-order chi connectivity index (χ1) is 9.10. The average Bonchev–Trinajstić information content (AvgIpc) is 2.42. The summed E-state index contributed by atoms with van der Waals surface area (Å²) in [7, 11) is 0. The number of aryl methyl sites for hydroxylation is 1. The number of carbonyl (C=O) groups excluding carboxylic acids is 1. The largest absolute Gasteiger partial charge is 0.396 e. The van der Waals surface area contributed by atoms with E-state index < -0.39 is 5.82 Å². The molecule has 2 aromatic rings. The molecule has 0 aliphatic rings. The van der Waals surface area contributed by atoms with Crippen LogP contribution in [0.5, 0.6) is 0 Å². The molecule has 3 heteroatoms. The van der Waals surface area contributed by atoms with Crippen LogP contribution in [0.4, 0.5) is 10.1 Å². The van der Waals surface area contributed by atoms with Crippen molar-refractivity contribution in [3.05, 3.63) is 65.0 Å². The minimum Gasteiger partial charge on any atom is -0.396 e. The number of rotatable bonds is 4. The zero-order chi connectivity index (χ0) is 13.8. The van der Waals surface area contributed by atoms with Crippen molar-refractivity contribution >= 4 is 11.5 Å². The van der Waals surface area contributed by atoms with Crippen molar-refractivity contribution < 1.29 is 9.18 Å². The number of ketones is 1. The summed E-state index contributed by atoms with van der Waals surface area (Å²) in [5.41, 5.74) is 7.96. The van der Waals surface area contributed by atoms with E-state index in [1.165, 1.54) is 17.7 Å². The number of Topliss-reactive ketones (excluding diaryl/α,β-unsaturated/α-hetero) is 1. The molecule has 2 nitrogen and oxygen atoms in total. The molecule has 0 saturated carbocycles. The second-order valence-electron chi connectivity index (χ2n) is 4.51. The van der Waals surface area contributed by atoms with Crippen LogP contribution in [0.3, 0.4) is 0 Å². The fraction of sp³-hybridized carbons (Fsp3) is 0.188. The maximum absolute atomic E-state index is 13.3. The molecule has 0 spiro atoms. The molecule has 0 bridgehead atoms. The Labute approximate surface area is 112 Å². The zero-order valence-electron chi connectivity index (χ0n) is 10.8. The fourth-order valence-electron chi connectivity index (χ4n) is 1.88. The van der Waals surface area contributed by atoms with Crippen LogP contribution < -0.4 is 5.73 Å². The van der Waals surface area contributed by atoms with Crippen molar-refractivity contribution in [2.45, 2.75) is 19.8 Å². The van der Waals surface area contributed by atoms with Crippen LogP contribution in [0.15, 0.2) is 42.5 Å². The van der Waals surface area contributed by atoms with Gasteiger partial charge in [0.15, 0.2) is 5.78 Å². The lowest BCUT2D eigenvalue weighted by molar-refractivity contribution is 0.0992. The minimum absolute atomic E-state index is 0.0591. The van der Waals surface area contributed by atoms with Crippen LogP contribution in [0.1, 0.15) is 28.4 Å². The third kappa shape index (κ3) is 3.19. The number of carbonyl (C=O) groups is 1. The molecule has 0 fully saturated rings. The lowest BCUT2D eigenvalue weighted by atomic mass is 10.0. The zero-order valence-corrected chi connectivity index (χ0v) is 10.8. The molecule has 0 aliphatic carbocycles. The van der Waals surface area contributed by atoms with Crippen LogP contribution in [-0.4, -0.2) is 5.78 Å². The number of hydrogen-bond donors (Lipinski definition) is 1. The van der Waals surface area contributed by atoms with Gasteiger partial charge in [-0.1, -0.05) is 31.2 Å². The third-order valence-electron chi connectivity index (χ3n) is 3.12. The third-order valence-corrected chi connectivity index (χ3v) is 3.12. The predicted octanol–water partition coefficient (Wildman–Crippen LogP) is 3.40. The Morgan fingerprint density at radius 1 is 1.11 bits per heavy atom. The van der Waals surface area contributed by atoms with Crippen molar-refractivity contribution in [1.82, 2.24) is 0 Å². The van der Waals surface area contributed by atoms with Crippen LogP contribution >= 0.6 is 0 Å². The summed E-state index contributed by atoms with van der Waals surface area (Å²) >= 11 is 0. The quantitative estimate of drug-likeness (QED) is 0.674. The second kappa shape index (κ2) is 5.65. The first kappa shape index (κ1) is 13.3. The molecule has 2 aromatic carbocycles. The molecule has 0 amide bonds. The van der Waals surface area contributed by atoms with Crippen molar-refractivity contribution in [2.24, 2.45) is 0 Å². The van der Waals surface area contributed by atoms with Crippen molar-refractivity contribution in [1.29, 1.82) is 0 Å². The van der Waals surface area contributed by atoms with Gasteiger partial charge in [0.05, 0.1) is 5.69 Å². The Morgan fingerprint density at radius 2 is 1.74 bits per heavy atom. The van der Waals surface area contributed by atoms with E-state index in [0.717, 1.165) is 12.0 Å². The number of benzene rings is 2. The second-order valence-corrected chi connectivity index (χ2v) is 4.51. The summed E-state index contributed by atoms with van der Waals surface area (Å²) in [6.45, 7) is 2.08. The minimum atomic E-state index is -0.549. The lowest BCUT2D eigenvalue weighted by Crippen LogP contribution is -2.05.